The van der Waals surface area contributed by atoms with Crippen LogP contribution in [0.5, 0.6) is 0 Å². The Bertz CT molecular complexity index is 358. The number of alkyl halides is 3. The molecule has 0 radical (unpaired) electrons. The molecule has 1 heterocycles. The molecular formula is C13H22F3N3O. The summed E-state index contributed by atoms with van der Waals surface area (Å²) in [6, 6.07) is 0. The summed E-state index contributed by atoms with van der Waals surface area (Å²) in [6.07, 6.45) is -2.58. The second-order valence-corrected chi connectivity index (χ2v) is 6.18. The number of nitrogens with zero attached hydrogens (tertiary/aromatic N) is 2. The molecule has 0 aromatic carbocycles. The molecule has 4 nitrogen and oxygen atoms in total. The van der Waals surface area contributed by atoms with Gasteiger partial charge in [0, 0.05) is 32.7 Å². The fourth-order valence-corrected chi connectivity index (χ4v) is 3.40. The maximum absolute atomic E-state index is 12.5. The fraction of sp³-hybridized carbons (Fsp3) is 0.923. The molecule has 0 aromatic heterocycles. The molecule has 2 fully saturated rings. The van der Waals surface area contributed by atoms with Gasteiger partial charge in [-0.3, -0.25) is 9.69 Å². The van der Waals surface area contributed by atoms with E-state index in [4.69, 9.17) is 5.73 Å². The topological polar surface area (TPSA) is 49.6 Å². The molecule has 7 heteroatoms. The van der Waals surface area contributed by atoms with Crippen molar-refractivity contribution >= 4 is 5.91 Å². The zero-order valence-electron chi connectivity index (χ0n) is 11.7. The molecular weight excluding hydrogens is 271 g/mol. The minimum atomic E-state index is -4.17. The van der Waals surface area contributed by atoms with E-state index < -0.39 is 18.1 Å². The molecule has 0 bridgehead atoms. The molecule has 1 aliphatic carbocycles. The second kappa shape index (κ2) is 5.52. The average Bonchev–Trinajstić information content (AvgIpc) is 2.33. The summed E-state index contributed by atoms with van der Waals surface area (Å²) in [5.74, 6) is 0.541. The van der Waals surface area contributed by atoms with Crippen molar-refractivity contribution in [2.45, 2.75) is 25.9 Å². The number of hydrogen-bond donors (Lipinski definition) is 1. The van der Waals surface area contributed by atoms with Crippen LogP contribution in [0.15, 0.2) is 0 Å². The van der Waals surface area contributed by atoms with E-state index in [1.54, 1.807) is 4.90 Å². The number of halogens is 3. The Morgan fingerprint density at radius 1 is 1.25 bits per heavy atom. The minimum Gasteiger partial charge on any atom is -0.340 e. The molecule has 2 aliphatic rings. The van der Waals surface area contributed by atoms with E-state index in [1.165, 1.54) is 4.90 Å². The smallest absolute Gasteiger partial charge is 0.340 e. The van der Waals surface area contributed by atoms with Crippen molar-refractivity contribution in [3.63, 3.8) is 0 Å². The predicted molar refractivity (Wildman–Crippen MR) is 69.0 cm³/mol. The summed E-state index contributed by atoms with van der Waals surface area (Å²) < 4.78 is 36.9. The first-order valence-electron chi connectivity index (χ1n) is 7.04. The van der Waals surface area contributed by atoms with E-state index >= 15 is 0 Å². The van der Waals surface area contributed by atoms with Crippen molar-refractivity contribution in [1.29, 1.82) is 0 Å². The first-order chi connectivity index (χ1) is 9.26. The molecule has 0 aromatic rings. The van der Waals surface area contributed by atoms with Gasteiger partial charge in [0.2, 0.25) is 5.91 Å². The summed E-state index contributed by atoms with van der Waals surface area (Å²) in [6.45, 7) is 2.81. The van der Waals surface area contributed by atoms with Gasteiger partial charge in [0.15, 0.2) is 0 Å². The maximum Gasteiger partial charge on any atom is 0.401 e. The molecule has 1 saturated heterocycles. The van der Waals surface area contributed by atoms with Gasteiger partial charge in [0.1, 0.15) is 0 Å². The van der Waals surface area contributed by atoms with Crippen LogP contribution in [0.1, 0.15) is 19.8 Å². The van der Waals surface area contributed by atoms with E-state index in [1.807, 2.05) is 0 Å². The number of carbonyl (C=O) groups excluding carboxylic acids is 1. The van der Waals surface area contributed by atoms with Gasteiger partial charge in [0.25, 0.3) is 0 Å². The monoisotopic (exact) mass is 293 g/mol. The maximum atomic E-state index is 12.5. The zero-order valence-corrected chi connectivity index (χ0v) is 11.7. The summed E-state index contributed by atoms with van der Waals surface area (Å²) in [5, 5.41) is 0. The van der Waals surface area contributed by atoms with Crippen LogP contribution in [-0.2, 0) is 4.79 Å². The van der Waals surface area contributed by atoms with Gasteiger partial charge in [-0.1, -0.05) is 6.92 Å². The van der Waals surface area contributed by atoms with Crippen LogP contribution >= 0.6 is 0 Å². The normalized spacial score (nSPS) is 32.0. The largest absolute Gasteiger partial charge is 0.401 e. The average molecular weight is 293 g/mol. The number of rotatable bonds is 3. The summed E-state index contributed by atoms with van der Waals surface area (Å²) in [4.78, 5) is 15.5. The summed E-state index contributed by atoms with van der Waals surface area (Å²) >= 11 is 0. The predicted octanol–water partition coefficient (Wildman–Crippen LogP) is 1.07. The number of amides is 1. The molecule has 2 rings (SSSR count). The molecule has 116 valence electrons. The van der Waals surface area contributed by atoms with Gasteiger partial charge in [-0.05, 0) is 18.8 Å². The van der Waals surface area contributed by atoms with Gasteiger partial charge < -0.3 is 10.6 Å². The van der Waals surface area contributed by atoms with E-state index in [0.717, 1.165) is 12.8 Å². The van der Waals surface area contributed by atoms with Crippen molar-refractivity contribution in [2.75, 3.05) is 39.3 Å². The third kappa shape index (κ3) is 3.25. The molecule has 1 aliphatic heterocycles. The van der Waals surface area contributed by atoms with Crippen LogP contribution in [0, 0.1) is 11.3 Å². The van der Waals surface area contributed by atoms with E-state index in [-0.39, 0.29) is 19.0 Å². The van der Waals surface area contributed by atoms with E-state index in [0.29, 0.717) is 25.6 Å². The van der Waals surface area contributed by atoms with E-state index in [9.17, 15) is 18.0 Å². The SMILES string of the molecule is CC1CC(CN)(C(=O)N2CCN(CC(F)(F)F)CC2)C1. The quantitative estimate of drug-likeness (QED) is 0.847. The van der Waals surface area contributed by atoms with Crippen molar-refractivity contribution < 1.29 is 18.0 Å². The summed E-state index contributed by atoms with van der Waals surface area (Å²) in [7, 11) is 0. The molecule has 0 atom stereocenters. The molecule has 0 unspecified atom stereocenters. The Morgan fingerprint density at radius 2 is 1.80 bits per heavy atom. The van der Waals surface area contributed by atoms with Gasteiger partial charge in [-0.2, -0.15) is 13.2 Å². The van der Waals surface area contributed by atoms with E-state index in [2.05, 4.69) is 6.92 Å². The van der Waals surface area contributed by atoms with Crippen LogP contribution < -0.4 is 5.73 Å². The second-order valence-electron chi connectivity index (χ2n) is 6.18. The number of nitrogens with two attached hydrogens (primary N) is 1. The van der Waals surface area contributed by atoms with Crippen molar-refractivity contribution in [3.05, 3.63) is 0 Å². The molecule has 2 N–H and O–H groups in total. The lowest BCUT2D eigenvalue weighted by molar-refractivity contribution is -0.158. The zero-order chi connectivity index (χ0) is 15.0. The lowest BCUT2D eigenvalue weighted by Gasteiger charge is -2.48. The fourth-order valence-electron chi connectivity index (χ4n) is 3.40. The molecule has 1 amide bonds. The molecule has 1 saturated carbocycles. The Labute approximate surface area is 117 Å². The third-order valence-electron chi connectivity index (χ3n) is 4.39. The van der Waals surface area contributed by atoms with Gasteiger partial charge >= 0.3 is 6.18 Å². The third-order valence-corrected chi connectivity index (χ3v) is 4.39. The lowest BCUT2D eigenvalue weighted by atomic mass is 9.62. The van der Waals surface area contributed by atoms with Crippen LogP contribution in [0.4, 0.5) is 13.2 Å². The summed E-state index contributed by atoms with van der Waals surface area (Å²) in [5.41, 5.74) is 5.29. The van der Waals surface area contributed by atoms with Crippen molar-refractivity contribution in [3.8, 4) is 0 Å². The van der Waals surface area contributed by atoms with Gasteiger partial charge in [0.05, 0.1) is 12.0 Å². The van der Waals surface area contributed by atoms with Crippen LogP contribution in [0.2, 0.25) is 0 Å². The minimum absolute atomic E-state index is 0.0322. The Balaban J connectivity index is 1.86. The van der Waals surface area contributed by atoms with Crippen molar-refractivity contribution in [2.24, 2.45) is 17.1 Å². The highest BCUT2D eigenvalue weighted by molar-refractivity contribution is 5.84. The number of carbonyl (C=O) groups is 1. The Kier molecular flexibility index (Phi) is 4.30. The number of piperazine rings is 1. The first-order valence-corrected chi connectivity index (χ1v) is 7.04. The van der Waals surface area contributed by atoms with Gasteiger partial charge in [-0.25, -0.2) is 0 Å². The standard InChI is InChI=1S/C13H22F3N3O/c1-10-6-12(7-10,8-17)11(20)19-4-2-18(3-5-19)9-13(14,15)16/h10H,2-9,17H2,1H3. The highest BCUT2D eigenvalue weighted by atomic mass is 19.4. The molecule has 20 heavy (non-hydrogen) atoms. The number of hydrogen-bond acceptors (Lipinski definition) is 3. The lowest BCUT2D eigenvalue weighted by Crippen LogP contribution is -2.59. The van der Waals surface area contributed by atoms with Gasteiger partial charge in [-0.15, -0.1) is 0 Å². The van der Waals surface area contributed by atoms with Crippen LogP contribution in [0.3, 0.4) is 0 Å². The van der Waals surface area contributed by atoms with Crippen LogP contribution in [-0.4, -0.2) is 61.2 Å². The van der Waals surface area contributed by atoms with Crippen LogP contribution in [0.25, 0.3) is 0 Å². The highest BCUT2D eigenvalue weighted by Crippen LogP contribution is 2.46. The van der Waals surface area contributed by atoms with Crippen molar-refractivity contribution in [1.82, 2.24) is 9.80 Å². The highest BCUT2D eigenvalue weighted by Gasteiger charge is 2.49. The first kappa shape index (κ1) is 15.6. The molecule has 0 spiro atoms. The Hall–Kier alpha value is -0.820. The Morgan fingerprint density at radius 3 is 2.20 bits per heavy atom.